The van der Waals surface area contributed by atoms with E-state index in [1.807, 2.05) is 30.7 Å². The number of unbranched alkanes of at least 4 members (excludes halogenated alkanes) is 1. The molecule has 1 N–H and O–H groups in total. The number of pyridine rings is 2. The highest BCUT2D eigenvalue weighted by Crippen LogP contribution is 2.34. The molecule has 11 heteroatoms. The van der Waals surface area contributed by atoms with E-state index in [-0.39, 0.29) is 24.0 Å². The van der Waals surface area contributed by atoms with Crippen molar-refractivity contribution in [3.63, 3.8) is 0 Å². The van der Waals surface area contributed by atoms with Gasteiger partial charge in [0.05, 0.1) is 17.7 Å². The van der Waals surface area contributed by atoms with Crippen molar-refractivity contribution in [1.29, 1.82) is 0 Å². The van der Waals surface area contributed by atoms with Gasteiger partial charge in [-0.2, -0.15) is 0 Å². The molecule has 1 aliphatic carbocycles. The second-order valence-corrected chi connectivity index (χ2v) is 15.7. The predicted octanol–water partition coefficient (Wildman–Crippen LogP) is 6.79. The number of amides is 2. The lowest BCUT2D eigenvalue weighted by Gasteiger charge is -2.39. The van der Waals surface area contributed by atoms with Crippen LogP contribution in [0.25, 0.3) is 32.9 Å². The first-order valence-electron chi connectivity index (χ1n) is 20.2. The summed E-state index contributed by atoms with van der Waals surface area (Å²) in [5.41, 5.74) is 6.75. The standard InChI is InChI=1S/C46H48N6O5/c1-30-7-13-42(45(53)49-30)52-29-33-23-35(10-12-38(33)46(52)54)55-22-6-4-3-5-19-51-20-16-34(17-21-51)56-36-25-37(26-36)57-44-14-9-32(27-48-44)31-8-11-39-40-28-47-18-15-41(40)50(2)43(39)24-31/h8-12,14-15,18,23-24,27-28,34,36-37,42H,1,3,5,7,13,16-17,19-22,25-26,29H2,2H3,(H,49,53). The molecular formula is C46H48N6O5. The van der Waals surface area contributed by atoms with E-state index in [0.717, 1.165) is 74.8 Å². The Bertz CT molecular complexity index is 2380. The van der Waals surface area contributed by atoms with Crippen molar-refractivity contribution >= 4 is 33.6 Å². The summed E-state index contributed by atoms with van der Waals surface area (Å²) in [6, 6.07) is 17.7. The van der Waals surface area contributed by atoms with Crippen molar-refractivity contribution in [3.05, 3.63) is 96.6 Å². The highest BCUT2D eigenvalue weighted by molar-refractivity contribution is 6.08. The number of hydrogen-bond donors (Lipinski definition) is 1. The molecule has 2 saturated heterocycles. The molecule has 1 unspecified atom stereocenters. The molecule has 4 aliphatic rings. The van der Waals surface area contributed by atoms with Crippen LogP contribution in [0, 0.1) is 11.8 Å². The first-order chi connectivity index (χ1) is 27.9. The van der Waals surface area contributed by atoms with E-state index in [9.17, 15) is 9.59 Å². The molecule has 0 spiro atoms. The maximum absolute atomic E-state index is 13.0. The molecule has 2 amide bonds. The second kappa shape index (κ2) is 16.0. The van der Waals surface area contributed by atoms with Crippen molar-refractivity contribution in [2.45, 2.75) is 82.3 Å². The van der Waals surface area contributed by atoms with Gasteiger partial charge in [0, 0.05) is 104 Å². The van der Waals surface area contributed by atoms with Crippen LogP contribution in [-0.4, -0.2) is 86.7 Å². The fraction of sp³-hybridized carbons (Fsp3) is 0.391. The first-order valence-corrected chi connectivity index (χ1v) is 20.2. The van der Waals surface area contributed by atoms with Crippen molar-refractivity contribution in [2.24, 2.45) is 7.05 Å². The zero-order chi connectivity index (χ0) is 38.9. The molecule has 3 aliphatic heterocycles. The Hall–Kier alpha value is -5.70. The van der Waals surface area contributed by atoms with E-state index in [2.05, 4.69) is 80.6 Å². The van der Waals surface area contributed by atoms with E-state index in [4.69, 9.17) is 14.2 Å². The van der Waals surface area contributed by atoms with Gasteiger partial charge in [0.2, 0.25) is 11.8 Å². The van der Waals surface area contributed by atoms with Crippen LogP contribution in [0.15, 0.2) is 85.5 Å². The molecule has 0 radical (unpaired) electrons. The monoisotopic (exact) mass is 764 g/mol. The molecule has 5 aromatic rings. The van der Waals surface area contributed by atoms with Crippen LogP contribution in [-0.2, 0) is 23.1 Å². The van der Waals surface area contributed by atoms with Gasteiger partial charge in [-0.05, 0) is 86.2 Å². The number of nitrogens with zero attached hydrogens (tertiary/aromatic N) is 5. The van der Waals surface area contributed by atoms with Crippen LogP contribution < -0.4 is 14.8 Å². The average molecular weight is 765 g/mol. The van der Waals surface area contributed by atoms with Crippen LogP contribution in [0.1, 0.15) is 67.3 Å². The Morgan fingerprint density at radius 1 is 0.895 bits per heavy atom. The van der Waals surface area contributed by atoms with Crippen molar-refractivity contribution < 1.29 is 23.8 Å². The maximum atomic E-state index is 13.0. The number of carbonyl (C=O) groups excluding carboxylic acids is 2. The van der Waals surface area contributed by atoms with E-state index in [0.29, 0.717) is 55.0 Å². The highest BCUT2D eigenvalue weighted by Gasteiger charge is 2.38. The summed E-state index contributed by atoms with van der Waals surface area (Å²) in [5.74, 6) is 7.45. The van der Waals surface area contributed by atoms with Crippen molar-refractivity contribution in [2.75, 3.05) is 26.2 Å². The number of aromatic nitrogens is 3. The Morgan fingerprint density at radius 2 is 1.75 bits per heavy atom. The minimum absolute atomic E-state index is 0.111. The van der Waals surface area contributed by atoms with Gasteiger partial charge in [-0.3, -0.25) is 14.6 Å². The summed E-state index contributed by atoms with van der Waals surface area (Å²) in [7, 11) is 2.10. The average Bonchev–Trinajstić information content (AvgIpc) is 3.69. The number of aryl methyl sites for hydroxylation is 1. The SMILES string of the molecule is C=C1CCC(N2Cc3cc(OCC#CCCCN4CCC(OC5CC(Oc6ccc(-c7ccc8c9cnccc9n(C)c8c7)cn6)C5)CC4)ccc3C2=O)C(=O)N1. The molecule has 6 heterocycles. The number of rotatable bonds is 11. The highest BCUT2D eigenvalue weighted by atomic mass is 16.5. The van der Waals surface area contributed by atoms with E-state index in [1.54, 1.807) is 17.0 Å². The molecule has 0 bridgehead atoms. The van der Waals surface area contributed by atoms with Gasteiger partial charge >= 0.3 is 0 Å². The Balaban J connectivity index is 0.646. The summed E-state index contributed by atoms with van der Waals surface area (Å²) in [6.07, 6.45) is 13.4. The van der Waals surface area contributed by atoms with Crippen molar-refractivity contribution in [3.8, 4) is 34.6 Å². The van der Waals surface area contributed by atoms with E-state index >= 15 is 0 Å². The lowest BCUT2D eigenvalue weighted by atomic mass is 9.91. The summed E-state index contributed by atoms with van der Waals surface area (Å²) in [6.45, 7) is 7.66. The number of nitrogens with one attached hydrogen (secondary N) is 1. The van der Waals surface area contributed by atoms with Crippen LogP contribution >= 0.6 is 0 Å². The fourth-order valence-electron chi connectivity index (χ4n) is 8.66. The summed E-state index contributed by atoms with van der Waals surface area (Å²) in [4.78, 5) is 38.5. The van der Waals surface area contributed by atoms with Gasteiger partial charge in [0.15, 0.2) is 0 Å². The lowest BCUT2D eigenvalue weighted by molar-refractivity contribution is -0.126. The summed E-state index contributed by atoms with van der Waals surface area (Å²) < 4.78 is 20.8. The van der Waals surface area contributed by atoms with Crippen LogP contribution in [0.2, 0.25) is 0 Å². The molecule has 292 valence electrons. The Labute approximate surface area is 333 Å². The molecule has 1 atom stereocenters. The topological polar surface area (TPSA) is 111 Å². The number of benzene rings is 2. The first kappa shape index (κ1) is 36.9. The van der Waals surface area contributed by atoms with E-state index < -0.39 is 6.04 Å². The lowest BCUT2D eigenvalue weighted by Crippen LogP contribution is -2.49. The molecule has 11 nitrogen and oxygen atoms in total. The van der Waals surface area contributed by atoms with Crippen LogP contribution in [0.3, 0.4) is 0 Å². The summed E-state index contributed by atoms with van der Waals surface area (Å²) >= 11 is 0. The largest absolute Gasteiger partial charge is 0.481 e. The second-order valence-electron chi connectivity index (χ2n) is 15.7. The minimum atomic E-state index is -0.467. The molecular weight excluding hydrogens is 717 g/mol. The molecule has 9 rings (SSSR count). The van der Waals surface area contributed by atoms with Gasteiger partial charge in [0.1, 0.15) is 24.5 Å². The zero-order valence-electron chi connectivity index (χ0n) is 32.4. The number of fused-ring (bicyclic) bond motifs is 4. The molecule has 1 saturated carbocycles. The number of piperidine rings is 2. The fourth-order valence-corrected chi connectivity index (χ4v) is 8.66. The third kappa shape index (κ3) is 7.85. The quantitative estimate of drug-likeness (QED) is 0.116. The van der Waals surface area contributed by atoms with E-state index in [1.165, 1.54) is 21.8 Å². The molecule has 3 aromatic heterocycles. The third-order valence-corrected chi connectivity index (χ3v) is 12.0. The van der Waals surface area contributed by atoms with Gasteiger partial charge in [-0.1, -0.05) is 30.6 Å². The number of ether oxygens (including phenoxy) is 3. The van der Waals surface area contributed by atoms with Gasteiger partial charge in [-0.25, -0.2) is 4.98 Å². The normalized spacial score (nSPS) is 21.2. The molecule has 3 fully saturated rings. The number of allylic oxidation sites excluding steroid dienone is 1. The number of likely N-dealkylation sites (tertiary alicyclic amines) is 1. The molecule has 57 heavy (non-hydrogen) atoms. The van der Waals surface area contributed by atoms with Gasteiger partial charge in [0.25, 0.3) is 5.91 Å². The van der Waals surface area contributed by atoms with Gasteiger partial charge in [-0.15, -0.1) is 0 Å². The third-order valence-electron chi connectivity index (χ3n) is 12.0. The number of hydrogen-bond acceptors (Lipinski definition) is 8. The maximum Gasteiger partial charge on any atom is 0.255 e. The Morgan fingerprint density at radius 3 is 2.58 bits per heavy atom. The predicted molar refractivity (Wildman–Crippen MR) is 219 cm³/mol. The van der Waals surface area contributed by atoms with Crippen LogP contribution in [0.5, 0.6) is 11.6 Å². The summed E-state index contributed by atoms with van der Waals surface area (Å²) in [5, 5.41) is 5.15. The molecule has 2 aromatic carbocycles. The Kier molecular flexibility index (Phi) is 10.4. The smallest absolute Gasteiger partial charge is 0.255 e. The van der Waals surface area contributed by atoms with Crippen molar-refractivity contribution in [1.82, 2.24) is 29.7 Å². The minimum Gasteiger partial charge on any atom is -0.481 e. The van der Waals surface area contributed by atoms with Gasteiger partial charge < -0.3 is 33.9 Å². The number of carbonyl (C=O) groups is 2. The van der Waals surface area contributed by atoms with Crippen LogP contribution in [0.4, 0.5) is 0 Å². The zero-order valence-corrected chi connectivity index (χ0v) is 32.4.